The van der Waals surface area contributed by atoms with Gasteiger partial charge in [0.2, 0.25) is 0 Å². The van der Waals surface area contributed by atoms with Crippen LogP contribution in [0.3, 0.4) is 0 Å². The van der Waals surface area contributed by atoms with Crippen molar-refractivity contribution in [2.24, 2.45) is 0 Å². The second-order valence-electron chi connectivity index (χ2n) is 8.54. The predicted octanol–water partition coefficient (Wildman–Crippen LogP) is 6.80. The fourth-order valence-electron chi connectivity index (χ4n) is 3.67. The number of carbonyl (C=O) groups excluding carboxylic acids is 1. The Morgan fingerprint density at radius 2 is 1.77 bits per heavy atom. The van der Waals surface area contributed by atoms with Crippen LogP contribution in [-0.2, 0) is 13.1 Å². The maximum atomic E-state index is 13.1. The highest BCUT2D eigenvalue weighted by atomic mass is 16.2. The van der Waals surface area contributed by atoms with Gasteiger partial charge in [0.25, 0.3) is 0 Å². The number of aryl methyl sites for hydroxylation is 1. The molecule has 0 saturated heterocycles. The van der Waals surface area contributed by atoms with E-state index in [0.29, 0.717) is 12.5 Å². The number of nitrogens with one attached hydrogen (secondary N) is 1. The Morgan fingerprint density at radius 3 is 2.45 bits per heavy atom. The first-order chi connectivity index (χ1) is 15.0. The maximum Gasteiger partial charge on any atom is 0.322 e. The van der Waals surface area contributed by atoms with Crippen LogP contribution in [0.4, 0.5) is 10.5 Å². The standard InChI is InChI=1S/C27H35N3O/c1-5-6-17-30(27(31)28-25-15-13-23(14-16-25)21(2)3)20-26-12-9-18-29(26)19-24-11-8-7-10-22(24)4/h7-16,18,21H,5-6,17,19-20H2,1-4H3,(H,28,31). The summed E-state index contributed by atoms with van der Waals surface area (Å²) in [6, 6.07) is 20.7. The van der Waals surface area contributed by atoms with Gasteiger partial charge in [-0.3, -0.25) is 0 Å². The molecule has 0 radical (unpaired) electrons. The van der Waals surface area contributed by atoms with Gasteiger partial charge in [-0.1, -0.05) is 63.6 Å². The Balaban J connectivity index is 1.72. The van der Waals surface area contributed by atoms with Gasteiger partial charge in [-0.15, -0.1) is 0 Å². The molecule has 3 aromatic rings. The van der Waals surface area contributed by atoms with E-state index in [2.05, 4.69) is 92.3 Å². The van der Waals surface area contributed by atoms with Crippen molar-refractivity contribution < 1.29 is 4.79 Å². The molecular weight excluding hydrogens is 382 g/mol. The summed E-state index contributed by atoms with van der Waals surface area (Å²) in [6.07, 6.45) is 4.14. The van der Waals surface area contributed by atoms with Crippen molar-refractivity contribution in [3.05, 3.63) is 89.2 Å². The average molecular weight is 418 g/mol. The molecule has 0 unspecified atom stereocenters. The molecule has 0 aliphatic carbocycles. The molecule has 4 nitrogen and oxygen atoms in total. The first-order valence-corrected chi connectivity index (χ1v) is 11.3. The van der Waals surface area contributed by atoms with Gasteiger partial charge >= 0.3 is 6.03 Å². The lowest BCUT2D eigenvalue weighted by Crippen LogP contribution is -2.36. The highest BCUT2D eigenvalue weighted by Crippen LogP contribution is 2.19. The Labute approximate surface area is 186 Å². The molecule has 0 spiro atoms. The second-order valence-corrected chi connectivity index (χ2v) is 8.54. The van der Waals surface area contributed by atoms with Crippen LogP contribution in [0, 0.1) is 6.92 Å². The molecule has 1 heterocycles. The molecule has 31 heavy (non-hydrogen) atoms. The number of unbranched alkanes of at least 4 members (excludes halogenated alkanes) is 1. The van der Waals surface area contributed by atoms with Crippen molar-refractivity contribution in [1.82, 2.24) is 9.47 Å². The van der Waals surface area contributed by atoms with E-state index < -0.39 is 0 Å². The summed E-state index contributed by atoms with van der Waals surface area (Å²) in [5, 5.41) is 3.09. The molecule has 4 heteroatoms. The molecule has 0 atom stereocenters. The summed E-state index contributed by atoms with van der Waals surface area (Å²) >= 11 is 0. The van der Waals surface area contributed by atoms with Crippen LogP contribution in [0.5, 0.6) is 0 Å². The molecule has 0 saturated carbocycles. The fourth-order valence-corrected chi connectivity index (χ4v) is 3.67. The predicted molar refractivity (Wildman–Crippen MR) is 130 cm³/mol. The van der Waals surface area contributed by atoms with Gasteiger partial charge in [0.1, 0.15) is 0 Å². The zero-order chi connectivity index (χ0) is 22.2. The Kier molecular flexibility index (Phi) is 7.94. The fraction of sp³-hybridized carbons (Fsp3) is 0.370. The number of carbonyl (C=O) groups is 1. The van der Waals surface area contributed by atoms with Crippen molar-refractivity contribution >= 4 is 11.7 Å². The molecule has 1 N–H and O–H groups in total. The van der Waals surface area contributed by atoms with Crippen molar-refractivity contribution in [2.75, 3.05) is 11.9 Å². The Hall–Kier alpha value is -3.01. The van der Waals surface area contributed by atoms with Crippen LogP contribution in [0.1, 0.15) is 61.9 Å². The summed E-state index contributed by atoms with van der Waals surface area (Å²) in [7, 11) is 0. The maximum absolute atomic E-state index is 13.1. The molecule has 0 fully saturated rings. The number of aromatic nitrogens is 1. The lowest BCUT2D eigenvalue weighted by Gasteiger charge is -2.24. The summed E-state index contributed by atoms with van der Waals surface area (Å²) in [6.45, 7) is 10.8. The van der Waals surface area contributed by atoms with E-state index in [1.165, 1.54) is 16.7 Å². The number of urea groups is 1. The minimum absolute atomic E-state index is 0.0469. The molecular formula is C27H35N3O. The molecule has 2 aromatic carbocycles. The van der Waals surface area contributed by atoms with Crippen LogP contribution in [0.15, 0.2) is 66.9 Å². The van der Waals surface area contributed by atoms with Crippen molar-refractivity contribution in [3.8, 4) is 0 Å². The zero-order valence-corrected chi connectivity index (χ0v) is 19.3. The van der Waals surface area contributed by atoms with Crippen LogP contribution < -0.4 is 5.32 Å². The number of hydrogen-bond donors (Lipinski definition) is 1. The van der Waals surface area contributed by atoms with E-state index in [-0.39, 0.29) is 6.03 Å². The van der Waals surface area contributed by atoms with Crippen molar-refractivity contribution in [2.45, 2.75) is 59.5 Å². The summed E-state index contributed by atoms with van der Waals surface area (Å²) in [5.41, 5.74) is 5.84. The normalized spacial score (nSPS) is 11.0. The average Bonchev–Trinajstić information content (AvgIpc) is 3.19. The number of benzene rings is 2. The molecule has 0 aliphatic rings. The number of amides is 2. The first kappa shape index (κ1) is 22.7. The minimum atomic E-state index is -0.0469. The van der Waals surface area contributed by atoms with Gasteiger partial charge in [0.05, 0.1) is 6.54 Å². The largest absolute Gasteiger partial charge is 0.345 e. The molecule has 2 amide bonds. The monoisotopic (exact) mass is 417 g/mol. The van der Waals surface area contributed by atoms with Gasteiger partial charge in [0, 0.05) is 30.7 Å². The zero-order valence-electron chi connectivity index (χ0n) is 19.3. The van der Waals surface area contributed by atoms with E-state index in [0.717, 1.165) is 37.3 Å². The van der Waals surface area contributed by atoms with Crippen LogP contribution >= 0.6 is 0 Å². The van der Waals surface area contributed by atoms with E-state index in [1.807, 2.05) is 17.0 Å². The van der Waals surface area contributed by atoms with Gasteiger partial charge in [-0.25, -0.2) is 4.79 Å². The quantitative estimate of drug-likeness (QED) is 0.408. The van der Waals surface area contributed by atoms with E-state index >= 15 is 0 Å². The molecule has 3 rings (SSSR count). The lowest BCUT2D eigenvalue weighted by molar-refractivity contribution is 0.207. The number of hydrogen-bond acceptors (Lipinski definition) is 1. The third-order valence-corrected chi connectivity index (χ3v) is 5.78. The van der Waals surface area contributed by atoms with Crippen LogP contribution in [0.25, 0.3) is 0 Å². The SMILES string of the molecule is CCCCN(Cc1cccn1Cc1ccccc1C)C(=O)Nc1ccc(C(C)C)cc1. The smallest absolute Gasteiger partial charge is 0.322 e. The lowest BCUT2D eigenvalue weighted by atomic mass is 10.0. The van der Waals surface area contributed by atoms with Gasteiger partial charge in [0.15, 0.2) is 0 Å². The molecule has 0 aliphatic heterocycles. The second kappa shape index (κ2) is 10.9. The van der Waals surface area contributed by atoms with E-state index in [9.17, 15) is 4.79 Å². The van der Waals surface area contributed by atoms with Gasteiger partial charge in [-0.2, -0.15) is 0 Å². The minimum Gasteiger partial charge on any atom is -0.345 e. The molecule has 1 aromatic heterocycles. The number of anilines is 1. The van der Waals surface area contributed by atoms with Crippen molar-refractivity contribution in [1.29, 1.82) is 0 Å². The van der Waals surface area contributed by atoms with E-state index in [4.69, 9.17) is 0 Å². The highest BCUT2D eigenvalue weighted by molar-refractivity contribution is 5.89. The van der Waals surface area contributed by atoms with Crippen molar-refractivity contribution in [3.63, 3.8) is 0 Å². The van der Waals surface area contributed by atoms with Crippen LogP contribution in [0.2, 0.25) is 0 Å². The number of nitrogens with zero attached hydrogens (tertiary/aromatic N) is 2. The number of rotatable bonds is 9. The first-order valence-electron chi connectivity index (χ1n) is 11.3. The van der Waals surface area contributed by atoms with Gasteiger partial charge < -0.3 is 14.8 Å². The van der Waals surface area contributed by atoms with E-state index in [1.54, 1.807) is 0 Å². The summed E-state index contributed by atoms with van der Waals surface area (Å²) in [4.78, 5) is 15.0. The summed E-state index contributed by atoms with van der Waals surface area (Å²) in [5.74, 6) is 0.479. The molecule has 0 bridgehead atoms. The topological polar surface area (TPSA) is 37.3 Å². The highest BCUT2D eigenvalue weighted by Gasteiger charge is 2.16. The Bertz CT molecular complexity index is 972. The van der Waals surface area contributed by atoms with Gasteiger partial charge in [-0.05, 0) is 60.2 Å². The summed E-state index contributed by atoms with van der Waals surface area (Å²) < 4.78 is 2.24. The third kappa shape index (κ3) is 6.24. The Morgan fingerprint density at radius 1 is 1.03 bits per heavy atom. The third-order valence-electron chi connectivity index (χ3n) is 5.78. The molecule has 164 valence electrons. The van der Waals surface area contributed by atoms with Crippen LogP contribution in [-0.4, -0.2) is 22.0 Å².